The van der Waals surface area contributed by atoms with Crippen LogP contribution in [0.15, 0.2) is 29.2 Å². The largest absolute Gasteiger partial charge is 0.353 e. The van der Waals surface area contributed by atoms with Crippen LogP contribution in [-0.4, -0.2) is 74.2 Å². The summed E-state index contributed by atoms with van der Waals surface area (Å²) in [5.41, 5.74) is 0. The lowest BCUT2D eigenvalue weighted by atomic mass is 9.66. The quantitative estimate of drug-likeness (QED) is 0.529. The summed E-state index contributed by atoms with van der Waals surface area (Å²) in [6.45, 7) is 4.11. The molecule has 5 rings (SSSR count). The molecule has 5 atom stereocenters. The van der Waals surface area contributed by atoms with Crippen molar-refractivity contribution in [3.8, 4) is 0 Å². The maximum absolute atomic E-state index is 13.3. The summed E-state index contributed by atoms with van der Waals surface area (Å²) in [7, 11) is -3.94. The first-order chi connectivity index (χ1) is 18.3. The molecule has 0 aromatic heterocycles. The van der Waals surface area contributed by atoms with Gasteiger partial charge < -0.3 is 15.5 Å². The van der Waals surface area contributed by atoms with E-state index in [1.54, 1.807) is 0 Å². The molecule has 2 saturated carbocycles. The molecule has 2 aliphatic carbocycles. The third-order valence-electron chi connectivity index (χ3n) is 9.13. The number of nitrogens with one attached hydrogen (secondary N) is 2. The number of carbonyl (C=O) groups excluding carboxylic acids is 2. The predicted octanol–water partition coefficient (Wildman–Crippen LogP) is 3.41. The molecule has 0 radical (unpaired) electrons. The van der Waals surface area contributed by atoms with Gasteiger partial charge in [0.15, 0.2) is 0 Å². The summed E-state index contributed by atoms with van der Waals surface area (Å²) in [6.07, 6.45) is 10.8. The molecule has 5 unspecified atom stereocenters. The summed E-state index contributed by atoms with van der Waals surface area (Å²) >= 11 is 5.92. The molecule has 1 aromatic carbocycles. The summed E-state index contributed by atoms with van der Waals surface area (Å²) in [5.74, 6) is 1.51. The Morgan fingerprint density at radius 2 is 1.68 bits per heavy atom. The molecular formula is C28H41ClN4O4S. The minimum atomic E-state index is -3.94. The van der Waals surface area contributed by atoms with Crippen molar-refractivity contribution in [1.82, 2.24) is 19.8 Å². The molecule has 2 amide bonds. The Hall–Kier alpha value is -1.68. The van der Waals surface area contributed by atoms with E-state index in [1.165, 1.54) is 82.4 Å². The number of fused-ring (bicyclic) bond motifs is 1. The van der Waals surface area contributed by atoms with E-state index in [0.717, 1.165) is 35.4 Å². The number of rotatable bonds is 7. The van der Waals surface area contributed by atoms with Crippen LogP contribution in [0.4, 0.5) is 0 Å². The molecule has 0 bridgehead atoms. The van der Waals surface area contributed by atoms with E-state index in [0.29, 0.717) is 10.9 Å². The van der Waals surface area contributed by atoms with Crippen molar-refractivity contribution in [2.24, 2.45) is 17.8 Å². The topological polar surface area (TPSA) is 98.8 Å². The van der Waals surface area contributed by atoms with Gasteiger partial charge in [0, 0.05) is 30.7 Å². The number of hydrogen-bond donors (Lipinski definition) is 2. The van der Waals surface area contributed by atoms with Gasteiger partial charge in [0.25, 0.3) is 0 Å². The van der Waals surface area contributed by atoms with E-state index in [1.807, 2.05) is 0 Å². The molecule has 4 fully saturated rings. The van der Waals surface area contributed by atoms with Crippen LogP contribution < -0.4 is 10.6 Å². The first-order valence-corrected chi connectivity index (χ1v) is 16.2. The number of halogens is 1. The maximum Gasteiger partial charge on any atom is 0.243 e. The Morgan fingerprint density at radius 1 is 0.974 bits per heavy atom. The van der Waals surface area contributed by atoms with E-state index in [9.17, 15) is 18.0 Å². The number of piperidine rings is 1. The van der Waals surface area contributed by atoms with E-state index < -0.39 is 22.0 Å². The van der Waals surface area contributed by atoms with E-state index in [2.05, 4.69) is 15.5 Å². The zero-order chi connectivity index (χ0) is 26.7. The normalized spacial score (nSPS) is 31.3. The zero-order valence-corrected chi connectivity index (χ0v) is 23.7. The highest BCUT2D eigenvalue weighted by Crippen LogP contribution is 2.43. The Bertz CT molecular complexity index is 1090. The number of carbonyl (C=O) groups is 2. The average Bonchev–Trinajstić information content (AvgIpc) is 2.90. The molecule has 1 aromatic rings. The second-order valence-electron chi connectivity index (χ2n) is 11.7. The number of nitrogens with zero attached hydrogens (tertiary/aromatic N) is 2. The highest BCUT2D eigenvalue weighted by atomic mass is 35.5. The van der Waals surface area contributed by atoms with Crippen LogP contribution >= 0.6 is 11.6 Å². The van der Waals surface area contributed by atoms with E-state index >= 15 is 0 Å². The van der Waals surface area contributed by atoms with Crippen LogP contribution in [-0.2, 0) is 19.6 Å². The second kappa shape index (κ2) is 12.2. The summed E-state index contributed by atoms with van der Waals surface area (Å²) in [5, 5.41) is 6.31. The molecule has 10 heteroatoms. The van der Waals surface area contributed by atoms with Crippen molar-refractivity contribution in [3.63, 3.8) is 0 Å². The Kier molecular flexibility index (Phi) is 8.97. The summed E-state index contributed by atoms with van der Waals surface area (Å²) in [4.78, 5) is 28.5. The van der Waals surface area contributed by atoms with Gasteiger partial charge in [-0.2, -0.15) is 4.31 Å². The lowest BCUT2D eigenvalue weighted by Crippen LogP contribution is -2.58. The summed E-state index contributed by atoms with van der Waals surface area (Å²) in [6, 6.07) is 4.92. The Labute approximate surface area is 231 Å². The highest BCUT2D eigenvalue weighted by Gasteiger charge is 2.41. The van der Waals surface area contributed by atoms with Crippen LogP contribution in [0.1, 0.15) is 64.2 Å². The molecule has 2 N–H and O–H groups in total. The van der Waals surface area contributed by atoms with Crippen LogP contribution in [0.2, 0.25) is 5.02 Å². The fourth-order valence-electron chi connectivity index (χ4n) is 7.17. The third kappa shape index (κ3) is 6.54. The highest BCUT2D eigenvalue weighted by molar-refractivity contribution is 7.89. The maximum atomic E-state index is 13.3. The molecule has 38 heavy (non-hydrogen) atoms. The van der Waals surface area contributed by atoms with Gasteiger partial charge in [-0.25, -0.2) is 8.42 Å². The lowest BCUT2D eigenvalue weighted by Gasteiger charge is -2.43. The van der Waals surface area contributed by atoms with Crippen molar-refractivity contribution in [2.75, 3.05) is 32.7 Å². The van der Waals surface area contributed by atoms with Crippen molar-refractivity contribution in [2.45, 2.75) is 81.2 Å². The van der Waals surface area contributed by atoms with Gasteiger partial charge >= 0.3 is 0 Å². The van der Waals surface area contributed by atoms with Gasteiger partial charge in [0.2, 0.25) is 21.8 Å². The first kappa shape index (κ1) is 27.9. The van der Waals surface area contributed by atoms with Crippen LogP contribution in [0.25, 0.3) is 0 Å². The van der Waals surface area contributed by atoms with E-state index in [-0.39, 0.29) is 36.4 Å². The number of amides is 2. The van der Waals surface area contributed by atoms with Gasteiger partial charge in [-0.3, -0.25) is 9.59 Å². The number of benzene rings is 1. The fraction of sp³-hybridized carbons (Fsp3) is 0.714. The molecule has 8 nitrogen and oxygen atoms in total. The number of hydrogen-bond acceptors (Lipinski definition) is 5. The Morgan fingerprint density at radius 3 is 2.45 bits per heavy atom. The predicted molar refractivity (Wildman–Crippen MR) is 147 cm³/mol. The summed E-state index contributed by atoms with van der Waals surface area (Å²) < 4.78 is 27.8. The van der Waals surface area contributed by atoms with Crippen molar-refractivity contribution in [3.05, 3.63) is 29.3 Å². The molecule has 4 aliphatic rings. The fourth-order valence-corrected chi connectivity index (χ4v) is 8.88. The second-order valence-corrected chi connectivity index (χ2v) is 14.0. The molecule has 210 valence electrons. The zero-order valence-electron chi connectivity index (χ0n) is 22.1. The van der Waals surface area contributed by atoms with Gasteiger partial charge in [-0.05, 0) is 106 Å². The SMILES string of the molecule is O=C(CC1C(=O)NCCN1S(=O)(=O)c1ccc(Cl)cc1)NC1CCC2CC(CN3CCCCC3)CCC2C1. The molecule has 2 heterocycles. The van der Waals surface area contributed by atoms with Gasteiger partial charge in [-0.15, -0.1) is 0 Å². The molecular weight excluding hydrogens is 524 g/mol. The molecule has 0 spiro atoms. The average molecular weight is 565 g/mol. The van der Waals surface area contributed by atoms with Crippen LogP contribution in [0.5, 0.6) is 0 Å². The minimum Gasteiger partial charge on any atom is -0.353 e. The van der Waals surface area contributed by atoms with Crippen molar-refractivity contribution >= 4 is 33.4 Å². The van der Waals surface area contributed by atoms with Gasteiger partial charge in [0.1, 0.15) is 6.04 Å². The minimum absolute atomic E-state index is 0.0659. The van der Waals surface area contributed by atoms with Crippen molar-refractivity contribution < 1.29 is 18.0 Å². The third-order valence-corrected chi connectivity index (χ3v) is 11.3. The smallest absolute Gasteiger partial charge is 0.243 e. The molecule has 2 aliphatic heterocycles. The number of sulfonamides is 1. The monoisotopic (exact) mass is 564 g/mol. The Balaban J connectivity index is 1.14. The first-order valence-electron chi connectivity index (χ1n) is 14.4. The van der Waals surface area contributed by atoms with Crippen molar-refractivity contribution in [1.29, 1.82) is 0 Å². The number of likely N-dealkylation sites (tertiary alicyclic amines) is 1. The standard InChI is InChI=1S/C28H41ClN4O4S/c29-23-7-10-25(11-8-23)38(36,37)33-15-12-30-28(35)26(33)18-27(34)31-24-9-6-21-16-20(4-5-22(21)17-24)19-32-13-2-1-3-14-32/h7-8,10-11,20-22,24,26H,1-6,9,12-19H2,(H,30,35)(H,31,34). The molecule has 2 saturated heterocycles. The van der Waals surface area contributed by atoms with E-state index in [4.69, 9.17) is 11.6 Å². The van der Waals surface area contributed by atoms with Crippen LogP contribution in [0, 0.1) is 17.8 Å². The van der Waals surface area contributed by atoms with Gasteiger partial charge in [0.05, 0.1) is 11.3 Å². The lowest BCUT2D eigenvalue weighted by molar-refractivity contribution is -0.132. The van der Waals surface area contributed by atoms with Crippen LogP contribution in [0.3, 0.4) is 0 Å². The number of piperazine rings is 1. The van der Waals surface area contributed by atoms with Gasteiger partial charge in [-0.1, -0.05) is 18.0 Å².